The number of likely N-dealkylation sites (tertiary alicyclic amines) is 1. The fraction of sp³-hybridized carbons (Fsp3) is 0.481. The Balaban J connectivity index is 1.11. The molecule has 2 aromatic rings. The molecule has 1 saturated heterocycles. The number of piperidine rings is 1. The summed E-state index contributed by atoms with van der Waals surface area (Å²) in [7, 11) is 0. The van der Waals surface area contributed by atoms with E-state index in [1.54, 1.807) is 19.1 Å². The Labute approximate surface area is 214 Å². The molecule has 10 heteroatoms. The van der Waals surface area contributed by atoms with Gasteiger partial charge in [-0.05, 0) is 60.6 Å². The molecule has 0 amide bonds. The van der Waals surface area contributed by atoms with E-state index in [1.807, 2.05) is 30.3 Å². The third kappa shape index (κ3) is 7.60. The van der Waals surface area contributed by atoms with E-state index in [9.17, 15) is 23.2 Å². The second-order valence-corrected chi connectivity index (χ2v) is 9.32. The summed E-state index contributed by atoms with van der Waals surface area (Å²) in [5.41, 5.74) is 1.83. The normalized spacial score (nSPS) is 21.5. The molecule has 1 aliphatic carbocycles. The Morgan fingerprint density at radius 2 is 1.70 bits per heavy atom. The number of hydrogen-bond acceptors (Lipinski definition) is 7. The third-order valence-electron chi connectivity index (χ3n) is 6.67. The van der Waals surface area contributed by atoms with Gasteiger partial charge in [0.05, 0.1) is 12.7 Å². The van der Waals surface area contributed by atoms with Crippen LogP contribution in [0.3, 0.4) is 0 Å². The maximum absolute atomic E-state index is 12.3. The highest BCUT2D eigenvalue weighted by Gasteiger charge is 2.55. The lowest BCUT2D eigenvalue weighted by atomic mass is 10.0. The van der Waals surface area contributed by atoms with E-state index in [-0.39, 0.29) is 12.4 Å². The number of benzene rings is 2. The monoisotopic (exact) mass is 517 g/mol. The molecule has 7 nitrogen and oxygen atoms in total. The first kappa shape index (κ1) is 26.8. The number of nitriles is 1. The van der Waals surface area contributed by atoms with Gasteiger partial charge in [0.2, 0.25) is 0 Å². The number of hydrogen-bond donors (Lipinski definition) is 1. The third-order valence-corrected chi connectivity index (χ3v) is 6.67. The van der Waals surface area contributed by atoms with Crippen molar-refractivity contribution in [3.8, 4) is 17.6 Å². The fourth-order valence-corrected chi connectivity index (χ4v) is 4.88. The molecule has 0 spiro atoms. The van der Waals surface area contributed by atoms with E-state index in [2.05, 4.69) is 15.0 Å². The summed E-state index contributed by atoms with van der Waals surface area (Å²) in [5, 5.41) is 12.7. The number of halogens is 3. The van der Waals surface area contributed by atoms with Crippen molar-refractivity contribution in [1.82, 2.24) is 10.2 Å². The molecule has 2 aliphatic rings. The summed E-state index contributed by atoms with van der Waals surface area (Å²) in [6.07, 6.45) is -4.37. The molecule has 4 atom stereocenters. The van der Waals surface area contributed by atoms with Gasteiger partial charge in [0.1, 0.15) is 24.0 Å². The first-order chi connectivity index (χ1) is 17.8. The molecule has 0 aromatic heterocycles. The van der Waals surface area contributed by atoms with Crippen LogP contribution >= 0.6 is 0 Å². The van der Waals surface area contributed by atoms with Gasteiger partial charge >= 0.3 is 12.3 Å². The van der Waals surface area contributed by atoms with Crippen LogP contribution in [-0.4, -0.2) is 56.1 Å². The van der Waals surface area contributed by atoms with Crippen molar-refractivity contribution in [2.75, 3.05) is 32.8 Å². The number of nitrogens with zero attached hydrogens (tertiary/aromatic N) is 2. The Morgan fingerprint density at radius 3 is 2.30 bits per heavy atom. The Bertz CT molecular complexity index is 1070. The van der Waals surface area contributed by atoms with E-state index >= 15 is 0 Å². The zero-order chi connectivity index (χ0) is 26.4. The molecular weight excluding hydrogens is 487 g/mol. The molecular formula is C27H30F3N3O4. The molecule has 37 heavy (non-hydrogen) atoms. The van der Waals surface area contributed by atoms with Crippen LogP contribution in [0.25, 0.3) is 0 Å². The smallest absolute Gasteiger partial charge is 0.492 e. The average molecular weight is 518 g/mol. The molecule has 1 heterocycles. The Kier molecular flexibility index (Phi) is 8.56. The summed E-state index contributed by atoms with van der Waals surface area (Å²) in [5.74, 6) is 0.369. The highest BCUT2D eigenvalue weighted by Crippen LogP contribution is 2.45. The topological polar surface area (TPSA) is 83.8 Å². The first-order valence-electron chi connectivity index (χ1n) is 12.3. The fourth-order valence-electron chi connectivity index (χ4n) is 4.88. The van der Waals surface area contributed by atoms with Crippen LogP contribution in [0.5, 0.6) is 11.5 Å². The van der Waals surface area contributed by atoms with Gasteiger partial charge in [-0.25, -0.2) is 0 Å². The standard InChI is InChI=1S/C27H30F3N3O4/c1-2-35-26(34)20(14-31)13-18-3-7-21(8-4-18)36-12-11-32-25-23-16-33(17-24(23)25)15-19-5-9-22(10-6-19)37-27(28,29)30/h3-10,20,23-25,32H,2,11-13,15-17H2,1H3/t20-,23-,24?,25?/m0/s1. The Hall–Kier alpha value is -3.29. The van der Waals surface area contributed by atoms with Gasteiger partial charge in [0.15, 0.2) is 0 Å². The van der Waals surface area contributed by atoms with Crippen molar-refractivity contribution in [2.45, 2.75) is 32.3 Å². The maximum atomic E-state index is 12.3. The van der Waals surface area contributed by atoms with Gasteiger partial charge in [-0.1, -0.05) is 24.3 Å². The summed E-state index contributed by atoms with van der Waals surface area (Å²) in [6.45, 7) is 5.83. The van der Waals surface area contributed by atoms with Crippen LogP contribution in [0.2, 0.25) is 0 Å². The van der Waals surface area contributed by atoms with E-state index < -0.39 is 18.2 Å². The summed E-state index contributed by atoms with van der Waals surface area (Å²) >= 11 is 0. The van der Waals surface area contributed by atoms with Gasteiger partial charge in [-0.2, -0.15) is 5.26 Å². The van der Waals surface area contributed by atoms with Crippen molar-refractivity contribution in [3.05, 3.63) is 59.7 Å². The molecule has 2 unspecified atom stereocenters. The minimum atomic E-state index is -4.68. The lowest BCUT2D eigenvalue weighted by Gasteiger charge is -2.20. The largest absolute Gasteiger partial charge is 0.573 e. The quantitative estimate of drug-likeness (QED) is 0.337. The zero-order valence-electron chi connectivity index (χ0n) is 20.5. The summed E-state index contributed by atoms with van der Waals surface area (Å²) in [6, 6.07) is 15.9. The SMILES string of the molecule is CCOC(=O)[C@H](C#N)Cc1ccc(OCCNC2C3CN(Cc4ccc(OC(F)(F)F)cc4)C[C@@H]32)cc1. The highest BCUT2D eigenvalue weighted by molar-refractivity contribution is 5.75. The average Bonchev–Trinajstić information content (AvgIpc) is 3.31. The van der Waals surface area contributed by atoms with Gasteiger partial charge in [-0.3, -0.25) is 9.69 Å². The first-order valence-corrected chi connectivity index (χ1v) is 12.3. The molecule has 2 fully saturated rings. The minimum Gasteiger partial charge on any atom is -0.492 e. The lowest BCUT2D eigenvalue weighted by molar-refractivity contribution is -0.274. The van der Waals surface area contributed by atoms with Crippen LogP contribution in [0.1, 0.15) is 18.1 Å². The van der Waals surface area contributed by atoms with Crippen molar-refractivity contribution in [1.29, 1.82) is 5.26 Å². The highest BCUT2D eigenvalue weighted by atomic mass is 19.4. The number of fused-ring (bicyclic) bond motifs is 1. The number of esters is 1. The van der Waals surface area contributed by atoms with Gasteiger partial charge < -0.3 is 19.5 Å². The number of alkyl halides is 3. The predicted octanol–water partition coefficient (Wildman–Crippen LogP) is 3.93. The van der Waals surface area contributed by atoms with E-state index in [0.717, 1.165) is 36.5 Å². The second kappa shape index (κ2) is 11.8. The van der Waals surface area contributed by atoms with Crippen LogP contribution in [-0.2, 0) is 22.5 Å². The van der Waals surface area contributed by atoms with Crippen LogP contribution in [0.15, 0.2) is 48.5 Å². The number of rotatable bonds is 12. The second-order valence-electron chi connectivity index (χ2n) is 9.32. The van der Waals surface area contributed by atoms with E-state index in [1.165, 1.54) is 12.1 Å². The van der Waals surface area contributed by atoms with Crippen molar-refractivity contribution in [3.63, 3.8) is 0 Å². The van der Waals surface area contributed by atoms with Gasteiger partial charge in [-0.15, -0.1) is 13.2 Å². The van der Waals surface area contributed by atoms with Crippen molar-refractivity contribution < 1.29 is 32.2 Å². The number of carbonyl (C=O) groups is 1. The number of carbonyl (C=O) groups excluding carboxylic acids is 1. The molecule has 0 radical (unpaired) electrons. The predicted molar refractivity (Wildman–Crippen MR) is 129 cm³/mol. The minimum absolute atomic E-state index is 0.204. The van der Waals surface area contributed by atoms with Gasteiger partial charge in [0.25, 0.3) is 0 Å². The molecule has 1 aliphatic heterocycles. The van der Waals surface area contributed by atoms with Crippen LogP contribution in [0.4, 0.5) is 13.2 Å². The molecule has 0 bridgehead atoms. The van der Waals surface area contributed by atoms with Crippen LogP contribution < -0.4 is 14.8 Å². The summed E-state index contributed by atoms with van der Waals surface area (Å²) < 4.78 is 51.5. The van der Waals surface area contributed by atoms with Crippen LogP contribution in [0, 0.1) is 29.1 Å². The number of nitrogens with one attached hydrogen (secondary N) is 1. The maximum Gasteiger partial charge on any atom is 0.573 e. The molecule has 4 rings (SSSR count). The van der Waals surface area contributed by atoms with Crippen molar-refractivity contribution >= 4 is 5.97 Å². The Morgan fingerprint density at radius 1 is 1.08 bits per heavy atom. The van der Waals surface area contributed by atoms with Crippen molar-refractivity contribution in [2.24, 2.45) is 17.8 Å². The zero-order valence-corrected chi connectivity index (χ0v) is 20.5. The van der Waals surface area contributed by atoms with E-state index in [4.69, 9.17) is 9.47 Å². The van der Waals surface area contributed by atoms with Gasteiger partial charge in [0, 0.05) is 32.2 Å². The van der Waals surface area contributed by atoms with E-state index in [0.29, 0.717) is 37.5 Å². The number of ether oxygens (including phenoxy) is 3. The molecule has 1 N–H and O–H groups in total. The molecule has 1 saturated carbocycles. The molecule has 2 aromatic carbocycles. The lowest BCUT2D eigenvalue weighted by Crippen LogP contribution is -2.33. The summed E-state index contributed by atoms with van der Waals surface area (Å²) in [4.78, 5) is 14.1. The molecule has 198 valence electrons.